The predicted octanol–water partition coefficient (Wildman–Crippen LogP) is 1.71. The van der Waals surface area contributed by atoms with Crippen molar-refractivity contribution in [2.24, 2.45) is 0 Å². The smallest absolute Gasteiger partial charge is 0.232 e. The molecule has 0 fully saturated rings. The van der Waals surface area contributed by atoms with E-state index in [1.165, 1.54) is 31.5 Å². The first-order valence-electron chi connectivity index (χ1n) is 6.34. The van der Waals surface area contributed by atoms with Crippen LogP contribution in [-0.4, -0.2) is 34.0 Å². The molecule has 0 aliphatic heterocycles. The number of nitrogens with one attached hydrogen (secondary N) is 1. The van der Waals surface area contributed by atoms with Crippen LogP contribution in [0.5, 0.6) is 17.4 Å². The number of aromatic nitrogens is 1. The summed E-state index contributed by atoms with van der Waals surface area (Å²) in [7, 11) is 1.45. The van der Waals surface area contributed by atoms with E-state index in [2.05, 4.69) is 10.3 Å². The zero-order valence-electron chi connectivity index (χ0n) is 11.7. The van der Waals surface area contributed by atoms with Gasteiger partial charge in [-0.05, 0) is 24.3 Å². The lowest BCUT2D eigenvalue weighted by atomic mass is 10.1. The number of methoxy groups -OCH3 is 1. The van der Waals surface area contributed by atoms with Crippen molar-refractivity contribution in [3.8, 4) is 17.4 Å². The molecule has 0 aliphatic rings. The summed E-state index contributed by atoms with van der Waals surface area (Å²) in [6.07, 6.45) is 1.07. The van der Waals surface area contributed by atoms with E-state index in [1.54, 1.807) is 6.07 Å². The molecule has 0 atom stereocenters. The van der Waals surface area contributed by atoms with Crippen LogP contribution in [0, 0.1) is 0 Å². The largest absolute Gasteiger partial charge is 0.504 e. The molecule has 114 valence electrons. The Morgan fingerprint density at radius 2 is 1.95 bits per heavy atom. The Morgan fingerprint density at radius 3 is 2.64 bits per heavy atom. The highest BCUT2D eigenvalue weighted by atomic mass is 16.5. The molecule has 0 saturated carbocycles. The molecule has 0 saturated heterocycles. The number of nitrogens with zero attached hydrogens (tertiary/aromatic N) is 1. The van der Waals surface area contributed by atoms with Gasteiger partial charge in [0.05, 0.1) is 13.5 Å². The highest BCUT2D eigenvalue weighted by Crippen LogP contribution is 2.25. The predicted molar refractivity (Wildman–Crippen MR) is 78.1 cm³/mol. The maximum Gasteiger partial charge on any atom is 0.232 e. The molecule has 3 N–H and O–H groups in total. The third-order valence-electron chi connectivity index (χ3n) is 2.85. The van der Waals surface area contributed by atoms with Gasteiger partial charge in [-0.1, -0.05) is 0 Å². The molecule has 7 heteroatoms. The highest BCUT2D eigenvalue weighted by molar-refractivity contribution is 6.11. The van der Waals surface area contributed by atoms with Gasteiger partial charge in [0, 0.05) is 23.5 Å². The Labute approximate surface area is 126 Å². The van der Waals surface area contributed by atoms with Crippen LogP contribution in [0.4, 0.5) is 5.69 Å². The summed E-state index contributed by atoms with van der Waals surface area (Å²) in [6, 6.07) is 6.72. The van der Waals surface area contributed by atoms with Crippen molar-refractivity contribution in [2.75, 3.05) is 12.4 Å². The van der Waals surface area contributed by atoms with E-state index >= 15 is 0 Å². The average Bonchev–Trinajstić information content (AvgIpc) is 2.50. The molecular formula is C15H14N2O5. The zero-order chi connectivity index (χ0) is 16.1. The summed E-state index contributed by atoms with van der Waals surface area (Å²) >= 11 is 0. The Morgan fingerprint density at radius 1 is 1.18 bits per heavy atom. The molecule has 1 amide bonds. The molecule has 1 aromatic carbocycles. The van der Waals surface area contributed by atoms with E-state index in [4.69, 9.17) is 4.74 Å². The van der Waals surface area contributed by atoms with Crippen LogP contribution in [0.2, 0.25) is 0 Å². The monoisotopic (exact) mass is 302 g/mol. The van der Waals surface area contributed by atoms with Gasteiger partial charge in [-0.2, -0.15) is 0 Å². The van der Waals surface area contributed by atoms with Gasteiger partial charge in [0.2, 0.25) is 11.8 Å². The van der Waals surface area contributed by atoms with Crippen LogP contribution in [0.25, 0.3) is 0 Å². The molecule has 22 heavy (non-hydrogen) atoms. The SMILES string of the molecule is COc1cc(NC(=O)CC(=O)c2ccc(O)c(O)c2)ccn1. The first kappa shape index (κ1) is 15.3. The molecule has 0 radical (unpaired) electrons. The third-order valence-corrected chi connectivity index (χ3v) is 2.85. The van der Waals surface area contributed by atoms with Gasteiger partial charge >= 0.3 is 0 Å². The summed E-state index contributed by atoms with van der Waals surface area (Å²) in [5, 5.41) is 21.1. The van der Waals surface area contributed by atoms with Gasteiger partial charge in [0.25, 0.3) is 0 Å². The van der Waals surface area contributed by atoms with Gasteiger partial charge in [0.1, 0.15) is 0 Å². The number of hydrogen-bond acceptors (Lipinski definition) is 6. The number of anilines is 1. The molecule has 2 aromatic rings. The third kappa shape index (κ3) is 3.72. The van der Waals surface area contributed by atoms with Crippen molar-refractivity contribution in [2.45, 2.75) is 6.42 Å². The lowest BCUT2D eigenvalue weighted by molar-refractivity contribution is -0.115. The first-order chi connectivity index (χ1) is 10.5. The van der Waals surface area contributed by atoms with E-state index in [-0.39, 0.29) is 11.3 Å². The van der Waals surface area contributed by atoms with Crippen molar-refractivity contribution >= 4 is 17.4 Å². The van der Waals surface area contributed by atoms with E-state index in [0.717, 1.165) is 6.07 Å². The number of pyridine rings is 1. The van der Waals surface area contributed by atoms with Crippen molar-refractivity contribution in [1.29, 1.82) is 0 Å². The van der Waals surface area contributed by atoms with Crippen molar-refractivity contribution in [3.63, 3.8) is 0 Å². The number of phenols is 2. The minimum Gasteiger partial charge on any atom is -0.504 e. The molecule has 2 rings (SSSR count). The number of rotatable bonds is 5. The highest BCUT2D eigenvalue weighted by Gasteiger charge is 2.14. The molecule has 1 heterocycles. The number of carbonyl (C=O) groups excluding carboxylic acids is 2. The molecule has 0 unspecified atom stereocenters. The Hall–Kier alpha value is -3.09. The zero-order valence-corrected chi connectivity index (χ0v) is 11.7. The van der Waals surface area contributed by atoms with Gasteiger partial charge in [0.15, 0.2) is 17.3 Å². The number of hydrogen-bond donors (Lipinski definition) is 3. The van der Waals surface area contributed by atoms with Crippen LogP contribution in [0.3, 0.4) is 0 Å². The average molecular weight is 302 g/mol. The lowest BCUT2D eigenvalue weighted by Gasteiger charge is -2.06. The molecule has 0 spiro atoms. The second-order valence-corrected chi connectivity index (χ2v) is 4.44. The molecule has 1 aromatic heterocycles. The fraction of sp³-hybridized carbons (Fsp3) is 0.133. The summed E-state index contributed by atoms with van der Waals surface area (Å²) < 4.78 is 4.93. The molecule has 0 aliphatic carbocycles. The van der Waals surface area contributed by atoms with Crippen molar-refractivity contribution < 1.29 is 24.5 Å². The second kappa shape index (κ2) is 6.57. The van der Waals surface area contributed by atoms with Crippen molar-refractivity contribution in [1.82, 2.24) is 4.98 Å². The van der Waals surface area contributed by atoms with E-state index in [1.807, 2.05) is 0 Å². The molecular weight excluding hydrogens is 288 g/mol. The summed E-state index contributed by atoms with van der Waals surface area (Å²) in [5.41, 5.74) is 0.593. The van der Waals surface area contributed by atoms with Crippen molar-refractivity contribution in [3.05, 3.63) is 42.1 Å². The van der Waals surface area contributed by atoms with E-state index in [0.29, 0.717) is 11.6 Å². The lowest BCUT2D eigenvalue weighted by Crippen LogP contribution is -2.16. The van der Waals surface area contributed by atoms with E-state index in [9.17, 15) is 19.8 Å². The number of Topliss-reactive ketones (excluding diaryl/α,β-unsaturated/α-hetero) is 1. The fourth-order valence-corrected chi connectivity index (χ4v) is 1.75. The minimum absolute atomic E-state index is 0.137. The van der Waals surface area contributed by atoms with Crippen LogP contribution in [-0.2, 0) is 4.79 Å². The number of ketones is 1. The van der Waals surface area contributed by atoms with Crippen LogP contribution in [0.15, 0.2) is 36.5 Å². The Balaban J connectivity index is 2.01. The number of aromatic hydroxyl groups is 2. The van der Waals surface area contributed by atoms with Gasteiger partial charge in [-0.15, -0.1) is 0 Å². The fourth-order valence-electron chi connectivity index (χ4n) is 1.75. The number of phenolic OH excluding ortho intramolecular Hbond substituents is 2. The quantitative estimate of drug-likeness (QED) is 0.441. The maximum absolute atomic E-state index is 11.9. The topological polar surface area (TPSA) is 109 Å². The second-order valence-electron chi connectivity index (χ2n) is 4.44. The summed E-state index contributed by atoms with van der Waals surface area (Å²) in [4.78, 5) is 27.7. The normalized spacial score (nSPS) is 10.0. The van der Waals surface area contributed by atoms with Crippen LogP contribution < -0.4 is 10.1 Å². The summed E-state index contributed by atoms with van der Waals surface area (Å²) in [6.45, 7) is 0. The van der Waals surface area contributed by atoms with Gasteiger partial charge in [-0.25, -0.2) is 4.98 Å². The maximum atomic E-state index is 11.9. The standard InChI is InChI=1S/C15H14N2O5/c1-22-15-7-10(4-5-16-15)17-14(21)8-12(19)9-2-3-11(18)13(20)6-9/h2-7,18,20H,8H2,1H3,(H,16,17,21). The van der Waals surface area contributed by atoms with Crippen LogP contribution in [0.1, 0.15) is 16.8 Å². The van der Waals surface area contributed by atoms with Gasteiger partial charge < -0.3 is 20.3 Å². The van der Waals surface area contributed by atoms with Crippen LogP contribution >= 0.6 is 0 Å². The number of carbonyl (C=O) groups is 2. The van der Waals surface area contributed by atoms with Gasteiger partial charge in [-0.3, -0.25) is 9.59 Å². The minimum atomic E-state index is -0.509. The Kier molecular flexibility index (Phi) is 4.57. The van der Waals surface area contributed by atoms with E-state index < -0.39 is 23.9 Å². The molecule has 0 bridgehead atoms. The Bertz CT molecular complexity index is 715. The first-order valence-corrected chi connectivity index (χ1v) is 6.34. The summed E-state index contributed by atoms with van der Waals surface area (Å²) in [5.74, 6) is -1.39. The number of benzene rings is 1. The number of amides is 1. The molecule has 7 nitrogen and oxygen atoms in total. The number of ether oxygens (including phenoxy) is 1.